The van der Waals surface area contributed by atoms with Gasteiger partial charge < -0.3 is 11.1 Å². The molecule has 116 valence electrons. The highest BCUT2D eigenvalue weighted by atomic mass is 79.9. The molecule has 1 saturated carbocycles. The summed E-state index contributed by atoms with van der Waals surface area (Å²) in [6, 6.07) is 8.06. The van der Waals surface area contributed by atoms with E-state index in [0.29, 0.717) is 12.5 Å². The van der Waals surface area contributed by atoms with Gasteiger partial charge in [-0.2, -0.15) is 0 Å². The third-order valence-corrected chi connectivity index (χ3v) is 5.29. The Morgan fingerprint density at radius 1 is 1.48 bits per heavy atom. The van der Waals surface area contributed by atoms with E-state index in [1.165, 1.54) is 0 Å². The molecule has 3 N–H and O–H groups in total. The van der Waals surface area contributed by atoms with Gasteiger partial charge in [0.1, 0.15) is 0 Å². The van der Waals surface area contributed by atoms with Gasteiger partial charge in [-0.1, -0.05) is 35.0 Å². The van der Waals surface area contributed by atoms with Gasteiger partial charge in [0.2, 0.25) is 5.91 Å². The number of amides is 1. The number of nitrogens with one attached hydrogen (secondary N) is 1. The summed E-state index contributed by atoms with van der Waals surface area (Å²) in [5.74, 6) is 0.823. The molecular weight excluding hydrogens is 328 g/mol. The van der Waals surface area contributed by atoms with Crippen LogP contribution in [0.2, 0.25) is 0 Å². The fourth-order valence-corrected chi connectivity index (χ4v) is 3.46. The van der Waals surface area contributed by atoms with Gasteiger partial charge in [-0.05, 0) is 56.2 Å². The van der Waals surface area contributed by atoms with Crippen LogP contribution in [0.3, 0.4) is 0 Å². The minimum Gasteiger partial charge on any atom is -0.349 e. The van der Waals surface area contributed by atoms with Crippen molar-refractivity contribution in [3.05, 3.63) is 34.3 Å². The average Bonchev–Trinajstić information content (AvgIpc) is 2.48. The Kier molecular flexibility index (Phi) is 5.44. The molecule has 1 unspecified atom stereocenters. The van der Waals surface area contributed by atoms with Gasteiger partial charge in [-0.15, -0.1) is 0 Å². The van der Waals surface area contributed by atoms with E-state index in [2.05, 4.69) is 28.2 Å². The predicted molar refractivity (Wildman–Crippen MR) is 89.8 cm³/mol. The summed E-state index contributed by atoms with van der Waals surface area (Å²) in [6.45, 7) is 4.72. The van der Waals surface area contributed by atoms with Gasteiger partial charge in [0.05, 0.1) is 11.5 Å². The van der Waals surface area contributed by atoms with Crippen LogP contribution in [0.15, 0.2) is 28.7 Å². The second-order valence-corrected chi connectivity index (χ2v) is 7.33. The van der Waals surface area contributed by atoms with E-state index in [9.17, 15) is 4.79 Å². The Balaban J connectivity index is 2.05. The van der Waals surface area contributed by atoms with Gasteiger partial charge in [-0.3, -0.25) is 4.79 Å². The molecule has 1 atom stereocenters. The van der Waals surface area contributed by atoms with E-state index in [0.717, 1.165) is 35.7 Å². The Morgan fingerprint density at radius 2 is 2.14 bits per heavy atom. The lowest BCUT2D eigenvalue weighted by atomic mass is 9.70. The van der Waals surface area contributed by atoms with Crippen molar-refractivity contribution in [3.8, 4) is 0 Å². The van der Waals surface area contributed by atoms with Crippen molar-refractivity contribution in [2.45, 2.75) is 45.6 Å². The molecule has 21 heavy (non-hydrogen) atoms. The smallest absolute Gasteiger partial charge is 0.227 e. The van der Waals surface area contributed by atoms with E-state index in [4.69, 9.17) is 5.73 Å². The SMILES string of the molecule is CC1CCC(CN)(C(=O)NC(C)c2cccc(Br)c2)CC1. The summed E-state index contributed by atoms with van der Waals surface area (Å²) >= 11 is 3.47. The van der Waals surface area contributed by atoms with Crippen LogP contribution < -0.4 is 11.1 Å². The molecule has 0 spiro atoms. The number of carbonyl (C=O) groups is 1. The standard InChI is InChI=1S/C17H25BrN2O/c1-12-6-8-17(11-19,9-7-12)16(21)20-13(2)14-4-3-5-15(18)10-14/h3-5,10,12-13H,6-9,11,19H2,1-2H3,(H,20,21). The first-order chi connectivity index (χ1) is 9.97. The van der Waals surface area contributed by atoms with Crippen LogP contribution in [-0.4, -0.2) is 12.5 Å². The van der Waals surface area contributed by atoms with Crippen LogP contribution in [0, 0.1) is 11.3 Å². The molecule has 0 saturated heterocycles. The molecule has 1 aromatic carbocycles. The average molecular weight is 353 g/mol. The minimum absolute atomic E-state index is 0.00206. The molecule has 0 radical (unpaired) electrons. The van der Waals surface area contributed by atoms with Crippen LogP contribution in [0.1, 0.15) is 51.1 Å². The van der Waals surface area contributed by atoms with Crippen LogP contribution in [-0.2, 0) is 4.79 Å². The number of nitrogens with two attached hydrogens (primary N) is 1. The van der Waals surface area contributed by atoms with Crippen molar-refractivity contribution in [3.63, 3.8) is 0 Å². The van der Waals surface area contributed by atoms with Crippen molar-refractivity contribution in [1.82, 2.24) is 5.32 Å². The molecule has 3 nitrogen and oxygen atoms in total. The first-order valence-electron chi connectivity index (χ1n) is 7.73. The molecule has 2 rings (SSSR count). The Bertz CT molecular complexity index is 495. The lowest BCUT2D eigenvalue weighted by Gasteiger charge is -2.38. The van der Waals surface area contributed by atoms with E-state index in [1.54, 1.807) is 0 Å². The largest absolute Gasteiger partial charge is 0.349 e. The van der Waals surface area contributed by atoms with Gasteiger partial charge >= 0.3 is 0 Å². The van der Waals surface area contributed by atoms with Crippen LogP contribution in [0.4, 0.5) is 0 Å². The zero-order chi connectivity index (χ0) is 15.5. The monoisotopic (exact) mass is 352 g/mol. The number of carbonyl (C=O) groups excluding carboxylic acids is 1. The Hall–Kier alpha value is -0.870. The highest BCUT2D eigenvalue weighted by Gasteiger charge is 2.40. The highest BCUT2D eigenvalue weighted by Crippen LogP contribution is 2.38. The van der Waals surface area contributed by atoms with Crippen molar-refractivity contribution in [2.75, 3.05) is 6.54 Å². The van der Waals surface area contributed by atoms with E-state index >= 15 is 0 Å². The molecule has 4 heteroatoms. The van der Waals surface area contributed by atoms with Crippen LogP contribution in [0.25, 0.3) is 0 Å². The van der Waals surface area contributed by atoms with Crippen molar-refractivity contribution >= 4 is 21.8 Å². The summed E-state index contributed by atoms with van der Waals surface area (Å²) in [6.07, 6.45) is 4.00. The summed E-state index contributed by atoms with van der Waals surface area (Å²) in [5.41, 5.74) is 6.69. The van der Waals surface area contributed by atoms with Crippen molar-refractivity contribution in [1.29, 1.82) is 0 Å². The molecule has 1 amide bonds. The molecular formula is C17H25BrN2O. The topological polar surface area (TPSA) is 55.1 Å². The maximum absolute atomic E-state index is 12.7. The second kappa shape index (κ2) is 6.93. The van der Waals surface area contributed by atoms with Gasteiger partial charge in [0.15, 0.2) is 0 Å². The highest BCUT2D eigenvalue weighted by molar-refractivity contribution is 9.10. The first-order valence-corrected chi connectivity index (χ1v) is 8.52. The fourth-order valence-electron chi connectivity index (χ4n) is 3.05. The third kappa shape index (κ3) is 3.86. The number of halogens is 1. The van der Waals surface area contributed by atoms with Crippen LogP contribution >= 0.6 is 15.9 Å². The zero-order valence-electron chi connectivity index (χ0n) is 12.9. The van der Waals surface area contributed by atoms with E-state index in [1.807, 2.05) is 31.2 Å². The molecule has 1 aromatic rings. The van der Waals surface area contributed by atoms with Crippen LogP contribution in [0.5, 0.6) is 0 Å². The molecule has 1 aliphatic rings. The summed E-state index contributed by atoms with van der Waals surface area (Å²) in [5, 5.41) is 3.16. The fraction of sp³-hybridized carbons (Fsp3) is 0.588. The summed E-state index contributed by atoms with van der Waals surface area (Å²) in [7, 11) is 0. The van der Waals surface area contributed by atoms with Crippen molar-refractivity contribution < 1.29 is 4.79 Å². The first kappa shape index (κ1) is 16.5. The number of benzene rings is 1. The third-order valence-electron chi connectivity index (χ3n) is 4.80. The number of hydrogen-bond donors (Lipinski definition) is 2. The molecule has 0 heterocycles. The number of rotatable bonds is 4. The van der Waals surface area contributed by atoms with Crippen molar-refractivity contribution in [2.24, 2.45) is 17.1 Å². The lowest BCUT2D eigenvalue weighted by Crippen LogP contribution is -2.48. The Labute approximate surface area is 135 Å². The van der Waals surface area contributed by atoms with Gasteiger partial charge in [-0.25, -0.2) is 0 Å². The summed E-state index contributed by atoms with van der Waals surface area (Å²) in [4.78, 5) is 12.7. The summed E-state index contributed by atoms with van der Waals surface area (Å²) < 4.78 is 1.03. The van der Waals surface area contributed by atoms with Gasteiger partial charge in [0, 0.05) is 11.0 Å². The normalized spacial score (nSPS) is 27.1. The zero-order valence-corrected chi connectivity index (χ0v) is 14.4. The maximum atomic E-state index is 12.7. The molecule has 0 bridgehead atoms. The molecule has 1 fully saturated rings. The van der Waals surface area contributed by atoms with Gasteiger partial charge in [0.25, 0.3) is 0 Å². The lowest BCUT2D eigenvalue weighted by molar-refractivity contribution is -0.133. The number of hydrogen-bond acceptors (Lipinski definition) is 2. The van der Waals surface area contributed by atoms with E-state index in [-0.39, 0.29) is 17.4 Å². The molecule has 0 aliphatic heterocycles. The maximum Gasteiger partial charge on any atom is 0.227 e. The second-order valence-electron chi connectivity index (χ2n) is 6.42. The Morgan fingerprint density at radius 3 is 2.71 bits per heavy atom. The van der Waals surface area contributed by atoms with E-state index < -0.39 is 0 Å². The minimum atomic E-state index is -0.368. The predicted octanol–water partition coefficient (Wildman–Crippen LogP) is 3.78. The molecule has 0 aromatic heterocycles. The molecule has 1 aliphatic carbocycles. The quantitative estimate of drug-likeness (QED) is 0.866.